The zero-order chi connectivity index (χ0) is 14.8. The molecule has 0 spiro atoms. The molecule has 2 N–H and O–H groups in total. The van der Waals surface area contributed by atoms with E-state index in [9.17, 15) is 9.90 Å². The maximum Gasteiger partial charge on any atom is 0.251 e. The molecule has 0 heterocycles. The predicted octanol–water partition coefficient (Wildman–Crippen LogP) is 2.81. The normalized spacial score (nSPS) is 20.1. The molecular weight excluding hydrogens is 286 g/mol. The Balaban J connectivity index is 1.81. The summed E-state index contributed by atoms with van der Waals surface area (Å²) in [6.07, 6.45) is -0.00870. The zero-order valence-electron chi connectivity index (χ0n) is 11.4. The van der Waals surface area contributed by atoms with Crippen molar-refractivity contribution in [2.24, 2.45) is 0 Å². The number of hydrogen-bond acceptors (Lipinski definition) is 2. The van der Waals surface area contributed by atoms with Gasteiger partial charge in [-0.25, -0.2) is 0 Å². The van der Waals surface area contributed by atoms with Gasteiger partial charge in [0.25, 0.3) is 5.91 Å². The van der Waals surface area contributed by atoms with Gasteiger partial charge in [0.15, 0.2) is 0 Å². The number of nitrogens with one attached hydrogen (secondary N) is 1. The van der Waals surface area contributed by atoms with Gasteiger partial charge in [-0.1, -0.05) is 36.4 Å². The molecule has 0 aromatic heterocycles. The summed E-state index contributed by atoms with van der Waals surface area (Å²) < 4.78 is 0. The zero-order valence-corrected chi connectivity index (χ0v) is 12.2. The van der Waals surface area contributed by atoms with E-state index in [1.165, 1.54) is 0 Å². The van der Waals surface area contributed by atoms with Gasteiger partial charge in [-0.2, -0.15) is 0 Å². The fraction of sp³-hybridized carbons (Fsp3) is 0.235. The van der Waals surface area contributed by atoms with Crippen LogP contribution in [0.1, 0.15) is 33.1 Å². The number of carbonyl (C=O) groups excluding carboxylic acids is 1. The van der Waals surface area contributed by atoms with E-state index >= 15 is 0 Å². The fourth-order valence-electron chi connectivity index (χ4n) is 2.77. The monoisotopic (exact) mass is 301 g/mol. The van der Waals surface area contributed by atoms with Crippen molar-refractivity contribution >= 4 is 17.5 Å². The lowest BCUT2D eigenvalue weighted by atomic mass is 10.1. The van der Waals surface area contributed by atoms with Gasteiger partial charge in [0.1, 0.15) is 0 Å². The summed E-state index contributed by atoms with van der Waals surface area (Å²) in [6.45, 7) is 0. The second-order valence-corrected chi connectivity index (χ2v) is 5.52. The van der Waals surface area contributed by atoms with Crippen molar-refractivity contribution in [3.8, 4) is 0 Å². The number of hydrogen-bond donors (Lipinski definition) is 2. The largest absolute Gasteiger partial charge is 0.390 e. The lowest BCUT2D eigenvalue weighted by Crippen LogP contribution is -2.33. The summed E-state index contributed by atoms with van der Waals surface area (Å²) in [6, 6.07) is 14.7. The van der Waals surface area contributed by atoms with Crippen molar-refractivity contribution in [2.45, 2.75) is 24.4 Å². The van der Waals surface area contributed by atoms with Crippen molar-refractivity contribution in [2.75, 3.05) is 0 Å². The molecule has 1 aliphatic rings. The standard InChI is InChI=1S/C17H16ClNO2/c18-10-11-4-3-6-13(8-11)17(21)19-16-14-7-2-1-5-12(14)9-15(16)20/h1-8,15-16,20H,9-10H2,(H,19,21)/t15-,16+/m0/s1. The number of halogens is 1. The van der Waals surface area contributed by atoms with Crippen LogP contribution < -0.4 is 5.32 Å². The van der Waals surface area contributed by atoms with E-state index in [2.05, 4.69) is 5.32 Å². The van der Waals surface area contributed by atoms with E-state index < -0.39 is 6.10 Å². The van der Waals surface area contributed by atoms with Crippen molar-refractivity contribution in [1.29, 1.82) is 0 Å². The number of aliphatic hydroxyl groups excluding tert-OH is 1. The topological polar surface area (TPSA) is 49.3 Å². The molecule has 4 heteroatoms. The molecule has 1 amide bonds. The molecular formula is C17H16ClNO2. The second-order valence-electron chi connectivity index (χ2n) is 5.26. The summed E-state index contributed by atoms with van der Waals surface area (Å²) in [7, 11) is 0. The molecule has 0 bridgehead atoms. The van der Waals surface area contributed by atoms with Crippen LogP contribution in [0.15, 0.2) is 48.5 Å². The number of alkyl halides is 1. The van der Waals surface area contributed by atoms with Crippen molar-refractivity contribution in [3.63, 3.8) is 0 Å². The van der Waals surface area contributed by atoms with Crippen LogP contribution in [-0.2, 0) is 12.3 Å². The Morgan fingerprint density at radius 2 is 2.05 bits per heavy atom. The van der Waals surface area contributed by atoms with E-state index in [-0.39, 0.29) is 11.9 Å². The van der Waals surface area contributed by atoms with E-state index in [0.29, 0.717) is 17.9 Å². The van der Waals surface area contributed by atoms with Gasteiger partial charge in [-0.15, -0.1) is 11.6 Å². The SMILES string of the molecule is O=C(N[C@@H]1c2ccccc2C[C@@H]1O)c1cccc(CCl)c1. The molecule has 2 atom stereocenters. The highest BCUT2D eigenvalue weighted by Gasteiger charge is 2.31. The van der Waals surface area contributed by atoms with Crippen LogP contribution in [0.25, 0.3) is 0 Å². The van der Waals surface area contributed by atoms with Crippen LogP contribution in [0.3, 0.4) is 0 Å². The smallest absolute Gasteiger partial charge is 0.251 e. The van der Waals surface area contributed by atoms with Crippen LogP contribution >= 0.6 is 11.6 Å². The Bertz CT molecular complexity index is 671. The van der Waals surface area contributed by atoms with Gasteiger partial charge in [-0.3, -0.25) is 4.79 Å². The minimum atomic E-state index is -0.581. The summed E-state index contributed by atoms with van der Waals surface area (Å²) >= 11 is 5.79. The fourth-order valence-corrected chi connectivity index (χ4v) is 2.93. The Hall–Kier alpha value is -1.84. The molecule has 108 valence electrons. The number of rotatable bonds is 3. The third-order valence-electron chi connectivity index (χ3n) is 3.83. The van der Waals surface area contributed by atoms with Crippen molar-refractivity contribution in [1.82, 2.24) is 5.32 Å². The lowest BCUT2D eigenvalue weighted by Gasteiger charge is -2.18. The molecule has 3 nitrogen and oxygen atoms in total. The summed E-state index contributed by atoms with van der Waals surface area (Å²) in [4.78, 5) is 12.4. The van der Waals surface area contributed by atoms with E-state index in [1.54, 1.807) is 12.1 Å². The van der Waals surface area contributed by atoms with E-state index in [0.717, 1.165) is 16.7 Å². The van der Waals surface area contributed by atoms with Crippen LogP contribution in [0.4, 0.5) is 0 Å². The minimum absolute atomic E-state index is 0.192. The Labute approximate surface area is 128 Å². The third-order valence-corrected chi connectivity index (χ3v) is 4.14. The van der Waals surface area contributed by atoms with Gasteiger partial charge in [0.2, 0.25) is 0 Å². The highest BCUT2D eigenvalue weighted by Crippen LogP contribution is 2.31. The Morgan fingerprint density at radius 3 is 2.86 bits per heavy atom. The average molecular weight is 302 g/mol. The number of benzene rings is 2. The minimum Gasteiger partial charge on any atom is -0.390 e. The number of carbonyl (C=O) groups is 1. The molecule has 1 aliphatic carbocycles. The van der Waals surface area contributed by atoms with Crippen molar-refractivity contribution in [3.05, 3.63) is 70.8 Å². The van der Waals surface area contributed by atoms with Gasteiger partial charge in [0.05, 0.1) is 12.1 Å². The molecule has 0 saturated carbocycles. The van der Waals surface area contributed by atoms with Gasteiger partial charge in [0, 0.05) is 17.9 Å². The highest BCUT2D eigenvalue weighted by molar-refractivity contribution is 6.17. The third kappa shape index (κ3) is 2.80. The lowest BCUT2D eigenvalue weighted by molar-refractivity contribution is 0.0858. The Kier molecular flexibility index (Phi) is 3.95. The quantitative estimate of drug-likeness (QED) is 0.857. The molecule has 0 unspecified atom stereocenters. The summed E-state index contributed by atoms with van der Waals surface area (Å²) in [5, 5.41) is 13.1. The number of amides is 1. The summed E-state index contributed by atoms with van der Waals surface area (Å²) in [5.41, 5.74) is 3.54. The first-order valence-corrected chi connectivity index (χ1v) is 7.44. The average Bonchev–Trinajstić information content (AvgIpc) is 2.83. The maximum absolute atomic E-state index is 12.4. The van der Waals surface area contributed by atoms with Crippen LogP contribution in [0.2, 0.25) is 0 Å². The molecule has 0 saturated heterocycles. The first-order valence-electron chi connectivity index (χ1n) is 6.90. The maximum atomic E-state index is 12.4. The summed E-state index contributed by atoms with van der Waals surface area (Å²) in [5.74, 6) is 0.179. The molecule has 0 fully saturated rings. The van der Waals surface area contributed by atoms with Gasteiger partial charge >= 0.3 is 0 Å². The highest BCUT2D eigenvalue weighted by atomic mass is 35.5. The first kappa shape index (κ1) is 14.1. The van der Waals surface area contributed by atoms with E-state index in [4.69, 9.17) is 11.6 Å². The Morgan fingerprint density at radius 1 is 1.24 bits per heavy atom. The molecule has 2 aromatic carbocycles. The predicted molar refractivity (Wildman–Crippen MR) is 82.4 cm³/mol. The van der Waals surface area contributed by atoms with Crippen LogP contribution in [0, 0.1) is 0 Å². The van der Waals surface area contributed by atoms with Crippen molar-refractivity contribution < 1.29 is 9.90 Å². The molecule has 3 rings (SSSR count). The van der Waals surface area contributed by atoms with Gasteiger partial charge < -0.3 is 10.4 Å². The van der Waals surface area contributed by atoms with Crippen LogP contribution in [0.5, 0.6) is 0 Å². The molecule has 0 aliphatic heterocycles. The molecule has 2 aromatic rings. The van der Waals surface area contributed by atoms with Crippen LogP contribution in [-0.4, -0.2) is 17.1 Å². The molecule has 0 radical (unpaired) electrons. The van der Waals surface area contributed by atoms with E-state index in [1.807, 2.05) is 36.4 Å². The molecule has 21 heavy (non-hydrogen) atoms. The number of aliphatic hydroxyl groups is 1. The first-order chi connectivity index (χ1) is 10.2. The number of fused-ring (bicyclic) bond motifs is 1. The second kappa shape index (κ2) is 5.88. The van der Waals surface area contributed by atoms with Gasteiger partial charge in [-0.05, 0) is 28.8 Å².